The molecule has 1 atom stereocenters. The lowest BCUT2D eigenvalue weighted by Crippen LogP contribution is -2.52. The van der Waals surface area contributed by atoms with E-state index >= 15 is 0 Å². The number of anilines is 1. The van der Waals surface area contributed by atoms with Crippen LogP contribution in [-0.2, 0) is 26.2 Å². The Bertz CT molecular complexity index is 1430. The summed E-state index contributed by atoms with van der Waals surface area (Å²) in [6.07, 6.45) is 1.10. The van der Waals surface area contributed by atoms with Crippen LogP contribution in [0.1, 0.15) is 44.7 Å². The normalized spacial score (nSPS) is 11.9. The molecule has 0 unspecified atom stereocenters. The maximum atomic E-state index is 14.2. The van der Waals surface area contributed by atoms with Gasteiger partial charge >= 0.3 is 0 Å². The first-order valence-corrected chi connectivity index (χ1v) is 15.6. The van der Waals surface area contributed by atoms with Crippen molar-refractivity contribution in [2.75, 3.05) is 24.0 Å². The Labute approximate surface area is 248 Å². The fourth-order valence-corrected chi connectivity index (χ4v) is 6.00. The molecule has 3 rings (SSSR count). The van der Waals surface area contributed by atoms with Gasteiger partial charge in [-0.15, -0.1) is 0 Å². The van der Waals surface area contributed by atoms with E-state index in [2.05, 4.69) is 5.32 Å². The Morgan fingerprint density at radius 3 is 2.24 bits per heavy atom. The number of benzene rings is 3. The molecule has 0 saturated heterocycles. The van der Waals surface area contributed by atoms with Crippen LogP contribution in [0.25, 0.3) is 0 Å². The minimum atomic E-state index is -4.24. The zero-order chi connectivity index (χ0) is 30.0. The van der Waals surface area contributed by atoms with E-state index in [-0.39, 0.29) is 23.0 Å². The van der Waals surface area contributed by atoms with E-state index in [9.17, 15) is 18.0 Å². The number of nitrogens with zero attached hydrogens (tertiary/aromatic N) is 2. The van der Waals surface area contributed by atoms with Gasteiger partial charge in [0, 0.05) is 18.1 Å². The minimum Gasteiger partial charge on any atom is -0.492 e. The molecule has 220 valence electrons. The Kier molecular flexibility index (Phi) is 11.6. The average Bonchev–Trinajstić information content (AvgIpc) is 2.96. The number of halogens is 1. The molecule has 0 aliphatic carbocycles. The van der Waals surface area contributed by atoms with Gasteiger partial charge in [0.2, 0.25) is 11.8 Å². The predicted molar refractivity (Wildman–Crippen MR) is 163 cm³/mol. The molecule has 1 N–H and O–H groups in total. The number of amides is 2. The molecule has 3 aromatic carbocycles. The highest BCUT2D eigenvalue weighted by atomic mass is 35.5. The van der Waals surface area contributed by atoms with E-state index in [1.54, 1.807) is 31.2 Å². The van der Waals surface area contributed by atoms with Gasteiger partial charge in [0.25, 0.3) is 10.0 Å². The number of hydrogen-bond donors (Lipinski definition) is 1. The number of carbonyl (C=O) groups is 2. The Morgan fingerprint density at radius 1 is 0.951 bits per heavy atom. The van der Waals surface area contributed by atoms with Crippen molar-refractivity contribution in [1.82, 2.24) is 10.2 Å². The molecule has 10 heteroatoms. The lowest BCUT2D eigenvalue weighted by Gasteiger charge is -2.33. The lowest BCUT2D eigenvalue weighted by atomic mass is 10.1. The van der Waals surface area contributed by atoms with Crippen LogP contribution in [0.2, 0.25) is 5.02 Å². The van der Waals surface area contributed by atoms with E-state index < -0.39 is 28.5 Å². The van der Waals surface area contributed by atoms with Crippen molar-refractivity contribution < 1.29 is 22.7 Å². The van der Waals surface area contributed by atoms with Crippen LogP contribution in [0, 0.1) is 6.92 Å². The van der Waals surface area contributed by atoms with Crippen molar-refractivity contribution in [3.63, 3.8) is 0 Å². The SMILES string of the molecule is CCCNC(=O)[C@H](CC)N(Cc1ccccc1C)C(=O)CN(c1ccccc1OCC)S(=O)(=O)c1ccc(Cl)cc1. The predicted octanol–water partition coefficient (Wildman–Crippen LogP) is 5.58. The smallest absolute Gasteiger partial charge is 0.264 e. The van der Waals surface area contributed by atoms with Gasteiger partial charge < -0.3 is 15.0 Å². The van der Waals surface area contributed by atoms with E-state index in [4.69, 9.17) is 16.3 Å². The van der Waals surface area contributed by atoms with Gasteiger partial charge in [-0.05, 0) is 74.2 Å². The van der Waals surface area contributed by atoms with Gasteiger partial charge in [0.1, 0.15) is 18.3 Å². The number of carbonyl (C=O) groups excluding carboxylic acids is 2. The Morgan fingerprint density at radius 2 is 1.61 bits per heavy atom. The van der Waals surface area contributed by atoms with Crippen molar-refractivity contribution >= 4 is 39.1 Å². The molecule has 0 aromatic heterocycles. The van der Waals surface area contributed by atoms with Crippen LogP contribution in [0.15, 0.2) is 77.7 Å². The van der Waals surface area contributed by atoms with E-state index in [1.807, 2.05) is 45.0 Å². The zero-order valence-electron chi connectivity index (χ0n) is 24.0. The van der Waals surface area contributed by atoms with Gasteiger partial charge in [-0.2, -0.15) is 0 Å². The molecule has 0 radical (unpaired) electrons. The standard InChI is InChI=1S/C31H38ClN3O5S/c1-5-20-33-31(37)27(6-2)34(21-24-13-9-8-12-23(24)4)30(36)22-35(28-14-10-11-15-29(28)40-7-3)41(38,39)26-18-16-25(32)17-19-26/h8-19,27H,5-7,20-22H2,1-4H3,(H,33,37)/t27-/m0/s1. The maximum absolute atomic E-state index is 14.2. The minimum absolute atomic E-state index is 0.0285. The molecule has 0 fully saturated rings. The van der Waals surface area contributed by atoms with E-state index in [1.165, 1.54) is 29.2 Å². The molecule has 0 saturated carbocycles. The quantitative estimate of drug-likeness (QED) is 0.261. The molecule has 2 amide bonds. The largest absolute Gasteiger partial charge is 0.492 e. The second-order valence-electron chi connectivity index (χ2n) is 9.53. The number of hydrogen-bond acceptors (Lipinski definition) is 5. The van der Waals surface area contributed by atoms with Crippen LogP contribution in [-0.4, -0.2) is 50.9 Å². The third kappa shape index (κ3) is 8.01. The van der Waals surface area contributed by atoms with Gasteiger partial charge in [-0.1, -0.05) is 61.8 Å². The third-order valence-electron chi connectivity index (χ3n) is 6.65. The molecular formula is C31H38ClN3O5S. The third-order valence-corrected chi connectivity index (χ3v) is 8.68. The molecule has 0 bridgehead atoms. The maximum Gasteiger partial charge on any atom is 0.264 e. The van der Waals surface area contributed by atoms with Crippen LogP contribution in [0.5, 0.6) is 5.75 Å². The fourth-order valence-electron chi connectivity index (χ4n) is 4.44. The summed E-state index contributed by atoms with van der Waals surface area (Å²) < 4.78 is 34.9. The zero-order valence-corrected chi connectivity index (χ0v) is 25.5. The first-order chi connectivity index (χ1) is 19.6. The number of ether oxygens (including phenoxy) is 1. The molecule has 3 aromatic rings. The summed E-state index contributed by atoms with van der Waals surface area (Å²) >= 11 is 6.03. The highest BCUT2D eigenvalue weighted by molar-refractivity contribution is 7.92. The number of aryl methyl sites for hydroxylation is 1. The van der Waals surface area contributed by atoms with Crippen molar-refractivity contribution in [3.05, 3.63) is 88.9 Å². The second kappa shape index (κ2) is 14.9. The summed E-state index contributed by atoms with van der Waals surface area (Å²) in [4.78, 5) is 28.9. The molecule has 0 aliphatic heterocycles. The number of nitrogens with one attached hydrogen (secondary N) is 1. The van der Waals surface area contributed by atoms with Gasteiger partial charge in [-0.3, -0.25) is 13.9 Å². The lowest BCUT2D eigenvalue weighted by molar-refractivity contribution is -0.140. The van der Waals surface area contributed by atoms with Crippen LogP contribution in [0.4, 0.5) is 5.69 Å². The summed E-state index contributed by atoms with van der Waals surface area (Å²) in [5.74, 6) is -0.479. The highest BCUT2D eigenvalue weighted by Crippen LogP contribution is 2.33. The molecule has 41 heavy (non-hydrogen) atoms. The van der Waals surface area contributed by atoms with E-state index in [0.717, 1.165) is 21.9 Å². The molecule has 8 nitrogen and oxygen atoms in total. The fraction of sp³-hybridized carbons (Fsp3) is 0.355. The molecule has 0 spiro atoms. The van der Waals surface area contributed by atoms with Crippen molar-refractivity contribution in [3.8, 4) is 5.75 Å². The van der Waals surface area contributed by atoms with Crippen LogP contribution >= 0.6 is 11.6 Å². The van der Waals surface area contributed by atoms with Gasteiger partial charge in [0.15, 0.2) is 0 Å². The van der Waals surface area contributed by atoms with Crippen molar-refractivity contribution in [2.45, 2.75) is 58.0 Å². The molecular weight excluding hydrogens is 562 g/mol. The van der Waals surface area contributed by atoms with Crippen molar-refractivity contribution in [2.24, 2.45) is 0 Å². The van der Waals surface area contributed by atoms with Gasteiger partial charge in [-0.25, -0.2) is 8.42 Å². The number of rotatable bonds is 14. The second-order valence-corrected chi connectivity index (χ2v) is 11.8. The van der Waals surface area contributed by atoms with Gasteiger partial charge in [0.05, 0.1) is 17.2 Å². The Hall–Kier alpha value is -3.56. The monoisotopic (exact) mass is 599 g/mol. The Balaban J connectivity index is 2.11. The summed E-state index contributed by atoms with van der Waals surface area (Å²) in [5.41, 5.74) is 2.04. The van der Waals surface area contributed by atoms with Crippen molar-refractivity contribution in [1.29, 1.82) is 0 Å². The number of sulfonamides is 1. The highest BCUT2D eigenvalue weighted by Gasteiger charge is 2.34. The summed E-state index contributed by atoms with van der Waals surface area (Å²) in [6, 6.07) is 19.3. The molecule has 0 aliphatic rings. The topological polar surface area (TPSA) is 96.0 Å². The first-order valence-electron chi connectivity index (χ1n) is 13.8. The first kappa shape index (κ1) is 32.0. The molecule has 0 heterocycles. The van der Waals surface area contributed by atoms with E-state index in [0.29, 0.717) is 30.3 Å². The average molecular weight is 600 g/mol. The summed E-state index contributed by atoms with van der Waals surface area (Å²) in [5, 5.41) is 3.28. The summed E-state index contributed by atoms with van der Waals surface area (Å²) in [6.45, 7) is 7.89. The van der Waals surface area contributed by atoms with Crippen LogP contribution in [0.3, 0.4) is 0 Å². The number of para-hydroxylation sites is 2. The summed E-state index contributed by atoms with van der Waals surface area (Å²) in [7, 11) is -4.24. The van der Waals surface area contributed by atoms with Crippen LogP contribution < -0.4 is 14.4 Å².